The van der Waals surface area contributed by atoms with E-state index in [1.807, 2.05) is 18.2 Å². The van der Waals surface area contributed by atoms with Gasteiger partial charge in [0.15, 0.2) is 0 Å². The van der Waals surface area contributed by atoms with E-state index in [2.05, 4.69) is 27.7 Å². The first-order valence-corrected chi connectivity index (χ1v) is 6.29. The van der Waals surface area contributed by atoms with E-state index in [1.165, 1.54) is 11.1 Å². The Morgan fingerprint density at radius 3 is 2.88 bits per heavy atom. The standard InChI is InChI=1S/C13H12N2OS/c1-8-6-17-7-10(8)13-14-11-4-3-9(16-2)5-12(11)15-13/h3-7H,1-2H3,(H,14,15). The lowest BCUT2D eigenvalue weighted by molar-refractivity contribution is 0.415. The van der Waals surface area contributed by atoms with Crippen molar-refractivity contribution < 1.29 is 4.74 Å². The lowest BCUT2D eigenvalue weighted by atomic mass is 10.2. The van der Waals surface area contributed by atoms with E-state index in [4.69, 9.17) is 4.74 Å². The zero-order chi connectivity index (χ0) is 11.8. The summed E-state index contributed by atoms with van der Waals surface area (Å²) >= 11 is 1.69. The first-order valence-electron chi connectivity index (χ1n) is 5.35. The molecule has 0 aliphatic carbocycles. The van der Waals surface area contributed by atoms with Gasteiger partial charge in [-0.3, -0.25) is 0 Å². The molecule has 3 aromatic rings. The van der Waals surface area contributed by atoms with Crippen LogP contribution in [0.1, 0.15) is 5.56 Å². The van der Waals surface area contributed by atoms with Gasteiger partial charge in [0.05, 0.1) is 18.1 Å². The van der Waals surface area contributed by atoms with Crippen LogP contribution >= 0.6 is 11.3 Å². The molecular formula is C13H12N2OS. The summed E-state index contributed by atoms with van der Waals surface area (Å²) in [6.45, 7) is 2.10. The molecule has 0 unspecified atom stereocenters. The molecule has 0 bridgehead atoms. The van der Waals surface area contributed by atoms with Crippen molar-refractivity contribution in [2.75, 3.05) is 7.11 Å². The Labute approximate surface area is 103 Å². The topological polar surface area (TPSA) is 37.9 Å². The third kappa shape index (κ3) is 1.70. The maximum absolute atomic E-state index is 5.20. The quantitative estimate of drug-likeness (QED) is 0.747. The molecule has 0 radical (unpaired) electrons. The molecule has 3 rings (SSSR count). The monoisotopic (exact) mass is 244 g/mol. The zero-order valence-corrected chi connectivity index (χ0v) is 10.5. The minimum Gasteiger partial charge on any atom is -0.497 e. The van der Waals surface area contributed by atoms with Gasteiger partial charge in [-0.05, 0) is 30.0 Å². The predicted octanol–water partition coefficient (Wildman–Crippen LogP) is 3.61. The molecule has 0 fully saturated rings. The van der Waals surface area contributed by atoms with Crippen molar-refractivity contribution >= 4 is 22.4 Å². The third-order valence-electron chi connectivity index (χ3n) is 2.80. The second-order valence-electron chi connectivity index (χ2n) is 3.94. The van der Waals surface area contributed by atoms with E-state index >= 15 is 0 Å². The lowest BCUT2D eigenvalue weighted by Gasteiger charge is -1.96. The summed E-state index contributed by atoms with van der Waals surface area (Å²) in [5.74, 6) is 1.77. The van der Waals surface area contributed by atoms with Gasteiger partial charge in [-0.25, -0.2) is 4.98 Å². The molecular weight excluding hydrogens is 232 g/mol. The van der Waals surface area contributed by atoms with Gasteiger partial charge < -0.3 is 9.72 Å². The lowest BCUT2D eigenvalue weighted by Crippen LogP contribution is -1.81. The molecule has 0 aliphatic heterocycles. The molecule has 86 valence electrons. The SMILES string of the molecule is COc1ccc2nc(-c3cscc3C)[nH]c2c1. The summed E-state index contributed by atoms with van der Waals surface area (Å²) in [4.78, 5) is 7.92. The molecule has 0 amide bonds. The van der Waals surface area contributed by atoms with E-state index in [0.29, 0.717) is 0 Å². The van der Waals surface area contributed by atoms with E-state index in [-0.39, 0.29) is 0 Å². The molecule has 0 saturated carbocycles. The average molecular weight is 244 g/mol. The summed E-state index contributed by atoms with van der Waals surface area (Å²) in [6.07, 6.45) is 0. The number of rotatable bonds is 2. The molecule has 3 nitrogen and oxygen atoms in total. The van der Waals surface area contributed by atoms with E-state index < -0.39 is 0 Å². The Bertz CT molecular complexity index is 669. The number of hydrogen-bond donors (Lipinski definition) is 1. The maximum atomic E-state index is 5.20. The Hall–Kier alpha value is -1.81. The molecule has 4 heteroatoms. The first kappa shape index (κ1) is 10.4. The molecule has 0 atom stereocenters. The number of thiophene rings is 1. The van der Waals surface area contributed by atoms with E-state index in [0.717, 1.165) is 22.6 Å². The van der Waals surface area contributed by atoms with Crippen molar-refractivity contribution in [2.45, 2.75) is 6.92 Å². The number of aromatic amines is 1. The van der Waals surface area contributed by atoms with Gasteiger partial charge in [0.1, 0.15) is 11.6 Å². The minimum absolute atomic E-state index is 0.842. The van der Waals surface area contributed by atoms with Gasteiger partial charge in [-0.15, -0.1) is 0 Å². The number of benzene rings is 1. The fourth-order valence-corrected chi connectivity index (χ4v) is 2.68. The van der Waals surface area contributed by atoms with Crippen LogP contribution in [0.5, 0.6) is 5.75 Å². The van der Waals surface area contributed by atoms with Crippen LogP contribution in [0.3, 0.4) is 0 Å². The molecule has 2 aromatic heterocycles. The van der Waals surface area contributed by atoms with Crippen LogP contribution in [0.2, 0.25) is 0 Å². The van der Waals surface area contributed by atoms with Crippen molar-refractivity contribution in [1.82, 2.24) is 9.97 Å². The molecule has 0 aliphatic rings. The number of fused-ring (bicyclic) bond motifs is 1. The van der Waals surface area contributed by atoms with Crippen LogP contribution < -0.4 is 4.74 Å². The van der Waals surface area contributed by atoms with Crippen molar-refractivity contribution in [3.63, 3.8) is 0 Å². The van der Waals surface area contributed by atoms with Gasteiger partial charge in [-0.2, -0.15) is 11.3 Å². The van der Waals surface area contributed by atoms with Gasteiger partial charge in [0.25, 0.3) is 0 Å². The highest BCUT2D eigenvalue weighted by Crippen LogP contribution is 2.27. The molecule has 0 spiro atoms. The Morgan fingerprint density at radius 2 is 2.18 bits per heavy atom. The van der Waals surface area contributed by atoms with Crippen LogP contribution in [-0.2, 0) is 0 Å². The number of nitrogens with one attached hydrogen (secondary N) is 1. The third-order valence-corrected chi connectivity index (χ3v) is 3.66. The highest BCUT2D eigenvalue weighted by Gasteiger charge is 2.08. The summed E-state index contributed by atoms with van der Waals surface area (Å²) in [7, 11) is 1.67. The van der Waals surface area contributed by atoms with Gasteiger partial charge in [0.2, 0.25) is 0 Å². The summed E-state index contributed by atoms with van der Waals surface area (Å²) in [5, 5.41) is 4.24. The summed E-state index contributed by atoms with van der Waals surface area (Å²) in [6, 6.07) is 5.86. The number of aromatic nitrogens is 2. The number of methoxy groups -OCH3 is 1. The zero-order valence-electron chi connectivity index (χ0n) is 9.65. The van der Waals surface area contributed by atoms with Crippen LogP contribution in [0.4, 0.5) is 0 Å². The number of hydrogen-bond acceptors (Lipinski definition) is 3. The second kappa shape index (κ2) is 3.89. The molecule has 17 heavy (non-hydrogen) atoms. The predicted molar refractivity (Wildman–Crippen MR) is 70.7 cm³/mol. The maximum Gasteiger partial charge on any atom is 0.139 e. The second-order valence-corrected chi connectivity index (χ2v) is 4.68. The molecule has 0 saturated heterocycles. The number of nitrogens with zero attached hydrogens (tertiary/aromatic N) is 1. The smallest absolute Gasteiger partial charge is 0.139 e. The summed E-state index contributed by atoms with van der Waals surface area (Å²) < 4.78 is 5.20. The molecule has 2 heterocycles. The normalized spacial score (nSPS) is 10.9. The van der Waals surface area contributed by atoms with Crippen molar-refractivity contribution in [3.05, 3.63) is 34.5 Å². The average Bonchev–Trinajstić information content (AvgIpc) is 2.93. The number of imidazole rings is 1. The fourth-order valence-electron chi connectivity index (χ4n) is 1.85. The highest BCUT2D eigenvalue weighted by molar-refractivity contribution is 7.08. The van der Waals surface area contributed by atoms with E-state index in [9.17, 15) is 0 Å². The molecule has 1 N–H and O–H groups in total. The summed E-state index contributed by atoms with van der Waals surface area (Å²) in [5.41, 5.74) is 4.39. The fraction of sp³-hybridized carbons (Fsp3) is 0.154. The van der Waals surface area contributed by atoms with Crippen molar-refractivity contribution in [1.29, 1.82) is 0 Å². The van der Waals surface area contributed by atoms with Crippen LogP contribution in [0.15, 0.2) is 29.0 Å². The van der Waals surface area contributed by atoms with Crippen LogP contribution in [0.25, 0.3) is 22.4 Å². The number of aryl methyl sites for hydroxylation is 1. The van der Waals surface area contributed by atoms with Crippen LogP contribution in [0, 0.1) is 6.92 Å². The number of H-pyrrole nitrogens is 1. The Kier molecular flexibility index (Phi) is 2.37. The van der Waals surface area contributed by atoms with E-state index in [1.54, 1.807) is 18.4 Å². The molecule has 1 aromatic carbocycles. The first-order chi connectivity index (χ1) is 8.28. The Morgan fingerprint density at radius 1 is 1.29 bits per heavy atom. The van der Waals surface area contributed by atoms with Crippen LogP contribution in [-0.4, -0.2) is 17.1 Å². The van der Waals surface area contributed by atoms with Gasteiger partial charge >= 0.3 is 0 Å². The Balaban J connectivity index is 2.17. The van der Waals surface area contributed by atoms with Crippen molar-refractivity contribution in [3.8, 4) is 17.1 Å². The van der Waals surface area contributed by atoms with Gasteiger partial charge in [-0.1, -0.05) is 0 Å². The highest BCUT2D eigenvalue weighted by atomic mass is 32.1. The van der Waals surface area contributed by atoms with Gasteiger partial charge in [0, 0.05) is 17.0 Å². The minimum atomic E-state index is 0.842. The van der Waals surface area contributed by atoms with Crippen molar-refractivity contribution in [2.24, 2.45) is 0 Å². The number of ether oxygens (including phenoxy) is 1. The largest absolute Gasteiger partial charge is 0.497 e.